The van der Waals surface area contributed by atoms with Gasteiger partial charge < -0.3 is 15.1 Å². The molecule has 2 fully saturated rings. The summed E-state index contributed by atoms with van der Waals surface area (Å²) in [6, 6.07) is 8.31. The number of carbonyl (C=O) groups is 1. The molecule has 2 heterocycles. The smallest absolute Gasteiger partial charge is 0.239 e. The van der Waals surface area contributed by atoms with Crippen molar-refractivity contribution in [1.29, 1.82) is 0 Å². The molecule has 10 heteroatoms. The average Bonchev–Trinajstić information content (AvgIpc) is 3.15. The van der Waals surface area contributed by atoms with Gasteiger partial charge in [0.25, 0.3) is 0 Å². The summed E-state index contributed by atoms with van der Waals surface area (Å²) >= 11 is 0. The minimum absolute atomic E-state index is 0. The number of anilines is 1. The minimum Gasteiger partial charge on any atom is -0.369 e. The van der Waals surface area contributed by atoms with E-state index >= 15 is 0 Å². The quantitative estimate of drug-likeness (QED) is 0.724. The second-order valence-corrected chi connectivity index (χ2v) is 9.10. The summed E-state index contributed by atoms with van der Waals surface area (Å²) in [6.07, 6.45) is 0.872. The monoisotopic (exact) mass is 452 g/mol. The molecule has 0 aromatic heterocycles. The number of likely N-dealkylation sites (N-methyl/N-ethyl adjacent to an activating group) is 1. The standard InChI is InChI=1S/C18H28N4O3S.2ClH/c1-15-4-3-5-16(12-15)21-8-10-22(11-9-21)26(24,25)14-18(23)20(2)17-6-7-19-13-17;;/h3-5,12,17,19H,6-11,13-14H2,1-2H3;2*1H. The number of sulfonamides is 1. The lowest BCUT2D eigenvalue weighted by molar-refractivity contribution is -0.128. The topological polar surface area (TPSA) is 73.0 Å². The zero-order valence-corrected chi connectivity index (χ0v) is 18.8. The fourth-order valence-electron chi connectivity index (χ4n) is 3.57. The van der Waals surface area contributed by atoms with E-state index in [2.05, 4.69) is 16.3 Å². The van der Waals surface area contributed by atoms with E-state index in [9.17, 15) is 13.2 Å². The average molecular weight is 453 g/mol. The number of amides is 1. The van der Waals surface area contributed by atoms with Crippen LogP contribution in [0.25, 0.3) is 0 Å². The van der Waals surface area contributed by atoms with Crippen LogP contribution in [0.2, 0.25) is 0 Å². The molecule has 3 rings (SSSR count). The molecule has 1 unspecified atom stereocenters. The molecule has 1 aromatic carbocycles. The second-order valence-electron chi connectivity index (χ2n) is 7.13. The molecule has 28 heavy (non-hydrogen) atoms. The van der Waals surface area contributed by atoms with Crippen molar-refractivity contribution in [3.05, 3.63) is 29.8 Å². The predicted molar refractivity (Wildman–Crippen MR) is 117 cm³/mol. The van der Waals surface area contributed by atoms with Crippen molar-refractivity contribution in [2.45, 2.75) is 19.4 Å². The van der Waals surface area contributed by atoms with Gasteiger partial charge in [-0.1, -0.05) is 12.1 Å². The molecule has 0 bridgehead atoms. The number of nitrogens with zero attached hydrogens (tertiary/aromatic N) is 3. The third-order valence-electron chi connectivity index (χ3n) is 5.28. The van der Waals surface area contributed by atoms with Crippen LogP contribution in [0.5, 0.6) is 0 Å². The molecule has 0 aliphatic carbocycles. The van der Waals surface area contributed by atoms with Gasteiger partial charge in [-0.05, 0) is 37.6 Å². The molecule has 1 N–H and O–H groups in total. The number of hydrogen-bond donors (Lipinski definition) is 1. The Balaban J connectivity index is 0.00000196. The van der Waals surface area contributed by atoms with E-state index in [1.54, 1.807) is 11.9 Å². The first-order valence-electron chi connectivity index (χ1n) is 9.12. The Morgan fingerprint density at radius 1 is 1.21 bits per heavy atom. The zero-order valence-electron chi connectivity index (χ0n) is 16.3. The Hall–Kier alpha value is -1.06. The number of benzene rings is 1. The lowest BCUT2D eigenvalue weighted by Crippen LogP contribution is -2.51. The Labute approximate surface area is 180 Å². The fraction of sp³-hybridized carbons (Fsp3) is 0.611. The molecule has 1 amide bonds. The first-order valence-corrected chi connectivity index (χ1v) is 10.7. The van der Waals surface area contributed by atoms with E-state index in [1.165, 1.54) is 9.87 Å². The number of hydrogen-bond acceptors (Lipinski definition) is 5. The van der Waals surface area contributed by atoms with E-state index in [0.717, 1.165) is 25.2 Å². The third-order valence-corrected chi connectivity index (χ3v) is 7.04. The first-order chi connectivity index (χ1) is 12.4. The minimum atomic E-state index is -3.58. The molecule has 2 aliphatic rings. The molecule has 2 saturated heterocycles. The molecule has 160 valence electrons. The van der Waals surface area contributed by atoms with E-state index in [1.807, 2.05) is 25.1 Å². The number of carbonyl (C=O) groups excluding carboxylic acids is 1. The van der Waals surface area contributed by atoms with Gasteiger partial charge in [-0.2, -0.15) is 4.31 Å². The Morgan fingerprint density at radius 2 is 1.89 bits per heavy atom. The highest BCUT2D eigenvalue weighted by molar-refractivity contribution is 7.89. The molecule has 1 atom stereocenters. The summed E-state index contributed by atoms with van der Waals surface area (Å²) in [5, 5.41) is 3.20. The number of piperazine rings is 1. The highest BCUT2D eigenvalue weighted by Gasteiger charge is 2.32. The molecular weight excluding hydrogens is 423 g/mol. The van der Waals surface area contributed by atoms with Gasteiger partial charge >= 0.3 is 0 Å². The van der Waals surface area contributed by atoms with Gasteiger partial charge in [-0.15, -0.1) is 24.8 Å². The van der Waals surface area contributed by atoms with Gasteiger partial charge in [0.2, 0.25) is 15.9 Å². The van der Waals surface area contributed by atoms with Crippen LogP contribution < -0.4 is 10.2 Å². The van der Waals surface area contributed by atoms with Crippen LogP contribution in [0, 0.1) is 6.92 Å². The van der Waals surface area contributed by atoms with Gasteiger partial charge in [-0.3, -0.25) is 4.79 Å². The molecule has 7 nitrogen and oxygen atoms in total. The summed E-state index contributed by atoms with van der Waals surface area (Å²) in [4.78, 5) is 16.2. The van der Waals surface area contributed by atoms with Gasteiger partial charge in [-0.25, -0.2) is 8.42 Å². The fourth-order valence-corrected chi connectivity index (χ4v) is 4.99. The van der Waals surface area contributed by atoms with Gasteiger partial charge in [0.05, 0.1) is 0 Å². The number of rotatable bonds is 5. The maximum absolute atomic E-state index is 12.7. The lowest BCUT2D eigenvalue weighted by Gasteiger charge is -2.35. The largest absolute Gasteiger partial charge is 0.369 e. The molecular formula is C18H30Cl2N4O3S. The zero-order chi connectivity index (χ0) is 18.7. The molecule has 1 aromatic rings. The summed E-state index contributed by atoms with van der Waals surface area (Å²) in [7, 11) is -1.88. The normalized spacial score (nSPS) is 20.2. The van der Waals surface area contributed by atoms with E-state index in [-0.39, 0.29) is 36.8 Å². The summed E-state index contributed by atoms with van der Waals surface area (Å²) in [6.45, 7) is 5.76. The molecule has 0 saturated carbocycles. The highest BCUT2D eigenvalue weighted by Crippen LogP contribution is 2.19. The van der Waals surface area contributed by atoms with Crippen molar-refractivity contribution < 1.29 is 13.2 Å². The Kier molecular flexibility index (Phi) is 9.49. The maximum atomic E-state index is 12.7. The molecule has 0 spiro atoms. The predicted octanol–water partition coefficient (Wildman–Crippen LogP) is 1.11. The van der Waals surface area contributed by atoms with Crippen LogP contribution in [0.15, 0.2) is 24.3 Å². The van der Waals surface area contributed by atoms with Crippen LogP contribution in [-0.2, 0) is 14.8 Å². The van der Waals surface area contributed by atoms with E-state index in [4.69, 9.17) is 0 Å². The van der Waals surface area contributed by atoms with Crippen molar-refractivity contribution in [1.82, 2.24) is 14.5 Å². The lowest BCUT2D eigenvalue weighted by atomic mass is 10.2. The van der Waals surface area contributed by atoms with Crippen LogP contribution in [0.3, 0.4) is 0 Å². The Morgan fingerprint density at radius 3 is 2.46 bits per heavy atom. The van der Waals surface area contributed by atoms with Gasteiger partial charge in [0, 0.05) is 51.5 Å². The number of nitrogens with one attached hydrogen (secondary N) is 1. The highest BCUT2D eigenvalue weighted by atomic mass is 35.5. The van der Waals surface area contributed by atoms with E-state index in [0.29, 0.717) is 26.2 Å². The number of aryl methyl sites for hydroxylation is 1. The van der Waals surface area contributed by atoms with Crippen molar-refractivity contribution in [2.24, 2.45) is 0 Å². The van der Waals surface area contributed by atoms with Crippen LogP contribution in [-0.4, -0.2) is 81.6 Å². The summed E-state index contributed by atoms with van der Waals surface area (Å²) in [5.74, 6) is -0.760. The summed E-state index contributed by atoms with van der Waals surface area (Å²) < 4.78 is 26.8. The first kappa shape index (κ1) is 25.0. The Bertz CT molecular complexity index is 749. The van der Waals surface area contributed by atoms with Gasteiger partial charge in [0.15, 0.2) is 0 Å². The van der Waals surface area contributed by atoms with Crippen molar-refractivity contribution in [3.8, 4) is 0 Å². The van der Waals surface area contributed by atoms with Crippen LogP contribution in [0.4, 0.5) is 5.69 Å². The molecule has 0 radical (unpaired) electrons. The maximum Gasteiger partial charge on any atom is 0.239 e. The van der Waals surface area contributed by atoms with Gasteiger partial charge in [0.1, 0.15) is 5.75 Å². The third kappa shape index (κ3) is 5.97. The van der Waals surface area contributed by atoms with Crippen LogP contribution in [0.1, 0.15) is 12.0 Å². The van der Waals surface area contributed by atoms with Crippen LogP contribution >= 0.6 is 24.8 Å². The SMILES string of the molecule is Cc1cccc(N2CCN(S(=O)(=O)CC(=O)N(C)C3CCNC3)CC2)c1.Cl.Cl. The molecule has 2 aliphatic heterocycles. The van der Waals surface area contributed by atoms with Crippen molar-refractivity contribution in [3.63, 3.8) is 0 Å². The van der Waals surface area contributed by atoms with E-state index < -0.39 is 15.8 Å². The summed E-state index contributed by atoms with van der Waals surface area (Å²) in [5.41, 5.74) is 2.30. The van der Waals surface area contributed by atoms with Crippen molar-refractivity contribution >= 4 is 46.4 Å². The second kappa shape index (κ2) is 10.6. The number of halogens is 2. The van der Waals surface area contributed by atoms with Crippen molar-refractivity contribution in [2.75, 3.05) is 57.0 Å².